The maximum absolute atomic E-state index is 12.5. The summed E-state index contributed by atoms with van der Waals surface area (Å²) in [6.45, 7) is 0. The first-order valence-corrected chi connectivity index (χ1v) is 10.4. The third-order valence-corrected chi connectivity index (χ3v) is 7.57. The van der Waals surface area contributed by atoms with Gasteiger partial charge in [0.15, 0.2) is 0 Å². The van der Waals surface area contributed by atoms with E-state index in [4.69, 9.17) is 0 Å². The molecule has 4 aliphatic rings. The number of fused-ring (bicyclic) bond motifs is 4. The highest BCUT2D eigenvalue weighted by Gasteiger charge is 2.44. The molecule has 5 rings (SSSR count). The minimum atomic E-state index is 0.177. The molecule has 4 heteroatoms. The largest absolute Gasteiger partial charge is 0.326 e. The molecule has 26 heavy (non-hydrogen) atoms. The summed E-state index contributed by atoms with van der Waals surface area (Å²) in [6, 6.07) is 7.62. The van der Waals surface area contributed by atoms with Crippen LogP contribution in [-0.2, 0) is 9.59 Å². The van der Waals surface area contributed by atoms with Crippen LogP contribution in [0, 0.1) is 35.5 Å². The van der Waals surface area contributed by atoms with Crippen LogP contribution < -0.4 is 10.6 Å². The molecule has 4 fully saturated rings. The summed E-state index contributed by atoms with van der Waals surface area (Å²) in [5.41, 5.74) is 1.66. The van der Waals surface area contributed by atoms with Gasteiger partial charge in [-0.3, -0.25) is 9.59 Å². The molecule has 0 heterocycles. The van der Waals surface area contributed by atoms with E-state index in [1.54, 1.807) is 0 Å². The van der Waals surface area contributed by atoms with Crippen molar-refractivity contribution >= 4 is 23.2 Å². The Morgan fingerprint density at radius 3 is 1.38 bits per heavy atom. The smallest absolute Gasteiger partial charge is 0.227 e. The fraction of sp³-hybridized carbons (Fsp3) is 0.636. The molecule has 6 atom stereocenters. The number of anilines is 2. The molecule has 138 valence electrons. The Hall–Kier alpha value is -1.84. The fourth-order valence-electron chi connectivity index (χ4n) is 6.24. The molecule has 0 aromatic heterocycles. The number of amides is 2. The molecule has 0 saturated heterocycles. The van der Waals surface area contributed by atoms with Crippen LogP contribution in [0.25, 0.3) is 0 Å². The van der Waals surface area contributed by atoms with Crippen molar-refractivity contribution in [2.45, 2.75) is 51.4 Å². The van der Waals surface area contributed by atoms with Gasteiger partial charge in [0.2, 0.25) is 11.8 Å². The highest BCUT2D eigenvalue weighted by molar-refractivity contribution is 5.95. The monoisotopic (exact) mass is 352 g/mol. The molecule has 4 bridgehead atoms. The van der Waals surface area contributed by atoms with E-state index in [1.165, 1.54) is 38.5 Å². The first-order valence-electron chi connectivity index (χ1n) is 10.4. The summed E-state index contributed by atoms with van der Waals surface area (Å²) in [6.07, 6.45) is 9.67. The Morgan fingerprint density at radius 2 is 1.08 bits per heavy atom. The van der Waals surface area contributed by atoms with Gasteiger partial charge in [-0.1, -0.05) is 12.8 Å². The molecule has 2 N–H and O–H groups in total. The van der Waals surface area contributed by atoms with Crippen LogP contribution in [0.5, 0.6) is 0 Å². The van der Waals surface area contributed by atoms with Crippen molar-refractivity contribution in [3.05, 3.63) is 24.3 Å². The van der Waals surface area contributed by atoms with E-state index in [0.717, 1.165) is 36.1 Å². The normalized spacial score (nSPS) is 37.1. The van der Waals surface area contributed by atoms with Gasteiger partial charge in [0.05, 0.1) is 0 Å². The predicted octanol–water partition coefficient (Wildman–Crippen LogP) is 4.44. The standard InChI is InChI=1S/C22H28N2O2/c25-21(19-11-13-1-3-15(19)9-13)23-17-5-7-18(8-6-17)24-22(26)20-12-14-2-4-16(20)10-14/h5-8,13-16,19-20H,1-4,9-12H2,(H,23,25)(H,24,26)/t13-,14-,15-,16-,19+,20+/m0/s1. The molecular formula is C22H28N2O2. The number of benzene rings is 1. The first-order chi connectivity index (χ1) is 12.7. The van der Waals surface area contributed by atoms with Gasteiger partial charge >= 0.3 is 0 Å². The Morgan fingerprint density at radius 1 is 0.654 bits per heavy atom. The number of hydrogen-bond donors (Lipinski definition) is 2. The zero-order valence-corrected chi connectivity index (χ0v) is 15.2. The molecule has 0 unspecified atom stereocenters. The fourth-order valence-corrected chi connectivity index (χ4v) is 6.24. The third kappa shape index (κ3) is 2.93. The SMILES string of the molecule is O=C(Nc1ccc(NC(=O)[C@@H]2C[C@H]3CC[C@H]2C3)cc1)[C@@H]1C[C@H]2CC[C@H]1C2. The first kappa shape index (κ1) is 16.3. The van der Waals surface area contributed by atoms with Gasteiger partial charge in [0.1, 0.15) is 0 Å². The molecule has 1 aromatic carbocycles. The molecule has 4 aliphatic carbocycles. The zero-order valence-electron chi connectivity index (χ0n) is 15.2. The van der Waals surface area contributed by atoms with E-state index >= 15 is 0 Å². The summed E-state index contributed by atoms with van der Waals surface area (Å²) in [4.78, 5) is 25.1. The van der Waals surface area contributed by atoms with Crippen molar-refractivity contribution < 1.29 is 9.59 Å². The maximum Gasteiger partial charge on any atom is 0.227 e. The van der Waals surface area contributed by atoms with E-state index in [0.29, 0.717) is 11.8 Å². The van der Waals surface area contributed by atoms with E-state index < -0.39 is 0 Å². The average molecular weight is 352 g/mol. The van der Waals surface area contributed by atoms with Gasteiger partial charge in [0.25, 0.3) is 0 Å². The van der Waals surface area contributed by atoms with Crippen molar-refractivity contribution in [1.29, 1.82) is 0 Å². The highest BCUT2D eigenvalue weighted by atomic mass is 16.2. The summed E-state index contributed by atoms with van der Waals surface area (Å²) < 4.78 is 0. The summed E-state index contributed by atoms with van der Waals surface area (Å²) in [7, 11) is 0. The number of nitrogens with one attached hydrogen (secondary N) is 2. The van der Waals surface area contributed by atoms with E-state index in [1.807, 2.05) is 24.3 Å². The summed E-state index contributed by atoms with van der Waals surface area (Å²) in [5.74, 6) is 3.50. The number of hydrogen-bond acceptors (Lipinski definition) is 2. The minimum Gasteiger partial charge on any atom is -0.326 e. The predicted molar refractivity (Wildman–Crippen MR) is 102 cm³/mol. The molecule has 0 spiro atoms. The molecule has 4 saturated carbocycles. The lowest BCUT2D eigenvalue weighted by molar-refractivity contribution is -0.122. The van der Waals surface area contributed by atoms with Crippen LogP contribution in [0.3, 0.4) is 0 Å². The van der Waals surface area contributed by atoms with Crippen LogP contribution in [-0.4, -0.2) is 11.8 Å². The maximum atomic E-state index is 12.5. The van der Waals surface area contributed by atoms with Gasteiger partial charge in [0, 0.05) is 23.2 Å². The lowest BCUT2D eigenvalue weighted by Gasteiger charge is -2.21. The van der Waals surface area contributed by atoms with Gasteiger partial charge in [-0.25, -0.2) is 0 Å². The molecule has 4 nitrogen and oxygen atoms in total. The summed E-state index contributed by atoms with van der Waals surface area (Å²) in [5, 5.41) is 6.15. The van der Waals surface area contributed by atoms with Crippen molar-refractivity contribution in [2.75, 3.05) is 10.6 Å². The third-order valence-electron chi connectivity index (χ3n) is 7.57. The van der Waals surface area contributed by atoms with Crippen LogP contribution in [0.1, 0.15) is 51.4 Å². The van der Waals surface area contributed by atoms with Crippen molar-refractivity contribution in [3.63, 3.8) is 0 Å². The van der Waals surface area contributed by atoms with Crippen molar-refractivity contribution in [2.24, 2.45) is 35.5 Å². The van der Waals surface area contributed by atoms with Gasteiger partial charge in [-0.15, -0.1) is 0 Å². The number of carbonyl (C=O) groups excluding carboxylic acids is 2. The summed E-state index contributed by atoms with van der Waals surface area (Å²) >= 11 is 0. The van der Waals surface area contributed by atoms with Gasteiger partial charge < -0.3 is 10.6 Å². The van der Waals surface area contributed by atoms with Crippen molar-refractivity contribution in [1.82, 2.24) is 0 Å². The van der Waals surface area contributed by atoms with Crippen LogP contribution in [0.15, 0.2) is 24.3 Å². The lowest BCUT2D eigenvalue weighted by Crippen LogP contribution is -2.27. The van der Waals surface area contributed by atoms with Gasteiger partial charge in [-0.05, 0) is 86.5 Å². The number of carbonyl (C=O) groups is 2. The Kier molecular flexibility index (Phi) is 4.02. The van der Waals surface area contributed by atoms with Crippen LogP contribution in [0.4, 0.5) is 11.4 Å². The highest BCUT2D eigenvalue weighted by Crippen LogP contribution is 2.49. The van der Waals surface area contributed by atoms with E-state index in [9.17, 15) is 9.59 Å². The van der Waals surface area contributed by atoms with Gasteiger partial charge in [-0.2, -0.15) is 0 Å². The average Bonchev–Trinajstić information content (AvgIpc) is 3.43. The second-order valence-electron chi connectivity index (χ2n) is 9.12. The zero-order chi connectivity index (χ0) is 17.7. The van der Waals surface area contributed by atoms with E-state index in [-0.39, 0.29) is 23.7 Å². The Labute approximate surface area is 155 Å². The number of rotatable bonds is 4. The second-order valence-corrected chi connectivity index (χ2v) is 9.12. The molecule has 0 aliphatic heterocycles. The van der Waals surface area contributed by atoms with Crippen molar-refractivity contribution in [3.8, 4) is 0 Å². The minimum absolute atomic E-state index is 0.177. The Bertz CT molecular complexity index is 652. The van der Waals surface area contributed by atoms with Crippen LogP contribution in [0.2, 0.25) is 0 Å². The second kappa shape index (κ2) is 6.40. The molecule has 1 aromatic rings. The van der Waals surface area contributed by atoms with E-state index in [2.05, 4.69) is 10.6 Å². The topological polar surface area (TPSA) is 58.2 Å². The van der Waals surface area contributed by atoms with Crippen LogP contribution >= 0.6 is 0 Å². The molecule has 2 amide bonds. The quantitative estimate of drug-likeness (QED) is 0.842. The molecule has 0 radical (unpaired) electrons. The lowest BCUT2D eigenvalue weighted by atomic mass is 9.88. The molecular weight excluding hydrogens is 324 g/mol. The Balaban J connectivity index is 1.17.